The minimum absolute atomic E-state index is 0.119. The van der Waals surface area contributed by atoms with Crippen molar-refractivity contribution in [3.05, 3.63) is 15.3 Å². The number of carbonyl (C=O) groups is 1. The van der Waals surface area contributed by atoms with Crippen molar-refractivity contribution in [2.75, 3.05) is 12.4 Å². The molecule has 0 fully saturated rings. The molecule has 0 bridgehead atoms. The van der Waals surface area contributed by atoms with Crippen LogP contribution in [0.15, 0.2) is 9.97 Å². The number of nitrogens with one attached hydrogen (secondary N) is 3. The number of hydrogen-bond donors (Lipinski definition) is 3. The average molecular weight is 186 g/mol. The second-order valence-electron chi connectivity index (χ2n) is 2.01. The van der Waals surface area contributed by atoms with Crippen LogP contribution in [0.25, 0.3) is 0 Å². The Hall–Kier alpha value is -2.12. The smallest absolute Gasteiger partial charge is 0.412 e. The van der Waals surface area contributed by atoms with Gasteiger partial charge in [0.25, 0.3) is 5.56 Å². The summed E-state index contributed by atoms with van der Waals surface area (Å²) in [5.74, 6) is -0.119. The third kappa shape index (κ3) is 1.72. The lowest BCUT2D eigenvalue weighted by Gasteiger charge is -1.98. The van der Waals surface area contributed by atoms with Crippen LogP contribution in [0.4, 0.5) is 16.3 Å². The predicted molar refractivity (Wildman–Crippen MR) is 42.9 cm³/mol. The Kier molecular flexibility index (Phi) is 2.43. The topological polar surface area (TPSA) is 116 Å². The van der Waals surface area contributed by atoms with Crippen LogP contribution in [0.2, 0.25) is 0 Å². The molecule has 0 aliphatic rings. The highest BCUT2D eigenvalue weighted by Crippen LogP contribution is 2.15. The molecule has 0 aromatic carbocycles. The second kappa shape index (κ2) is 3.52. The first-order valence-electron chi connectivity index (χ1n) is 3.18. The van der Waals surface area contributed by atoms with E-state index in [1.807, 2.05) is 0 Å². The van der Waals surface area contributed by atoms with Gasteiger partial charge >= 0.3 is 6.09 Å². The minimum Gasteiger partial charge on any atom is -0.453 e. The number of H-pyrrole nitrogens is 2. The van der Waals surface area contributed by atoms with E-state index in [1.165, 1.54) is 0 Å². The van der Waals surface area contributed by atoms with Crippen LogP contribution in [-0.4, -0.2) is 23.4 Å². The number of aromatic amines is 2. The zero-order valence-electron chi connectivity index (χ0n) is 6.58. The Morgan fingerprint density at radius 1 is 1.54 bits per heavy atom. The first kappa shape index (κ1) is 8.97. The Morgan fingerprint density at radius 2 is 2.23 bits per heavy atom. The summed E-state index contributed by atoms with van der Waals surface area (Å²) >= 11 is 0. The van der Waals surface area contributed by atoms with E-state index in [-0.39, 0.29) is 5.82 Å². The molecule has 0 spiro atoms. The summed E-state index contributed by atoms with van der Waals surface area (Å²) in [6, 6.07) is 0. The first-order chi connectivity index (χ1) is 6.19. The van der Waals surface area contributed by atoms with Crippen molar-refractivity contribution in [3.63, 3.8) is 0 Å². The third-order valence-electron chi connectivity index (χ3n) is 1.26. The van der Waals surface area contributed by atoms with E-state index >= 15 is 0 Å². The van der Waals surface area contributed by atoms with Gasteiger partial charge in [0.15, 0.2) is 5.82 Å². The summed E-state index contributed by atoms with van der Waals surface area (Å²) < 4.78 is 4.23. The van der Waals surface area contributed by atoms with Crippen LogP contribution in [0.1, 0.15) is 0 Å². The van der Waals surface area contributed by atoms with Gasteiger partial charge in [-0.3, -0.25) is 20.3 Å². The number of amides is 1. The number of methoxy groups -OCH3 is 1. The maximum Gasteiger partial charge on any atom is 0.412 e. The molecule has 70 valence electrons. The highest BCUT2D eigenvalue weighted by Gasteiger charge is 2.12. The fourth-order valence-corrected chi connectivity index (χ4v) is 0.682. The van der Waals surface area contributed by atoms with Crippen LogP contribution in [0.5, 0.6) is 0 Å². The predicted octanol–water partition coefficient (Wildman–Crippen LogP) is 0.279. The lowest BCUT2D eigenvalue weighted by molar-refractivity contribution is 0.187. The molecule has 1 amide bonds. The van der Waals surface area contributed by atoms with Crippen molar-refractivity contribution in [1.82, 2.24) is 10.2 Å². The first-order valence-corrected chi connectivity index (χ1v) is 3.18. The quantitative estimate of drug-likeness (QED) is 0.575. The molecular formula is C5H6N4O4. The van der Waals surface area contributed by atoms with Gasteiger partial charge in [-0.05, 0) is 5.18 Å². The highest BCUT2D eigenvalue weighted by molar-refractivity contribution is 5.86. The third-order valence-corrected chi connectivity index (χ3v) is 1.26. The van der Waals surface area contributed by atoms with E-state index in [1.54, 1.807) is 0 Å². The Labute approximate surface area is 71.2 Å². The molecule has 0 unspecified atom stereocenters. The van der Waals surface area contributed by atoms with Gasteiger partial charge in [-0.25, -0.2) is 4.79 Å². The lowest BCUT2D eigenvalue weighted by Crippen LogP contribution is -2.11. The normalized spacial score (nSPS) is 9.31. The van der Waals surface area contributed by atoms with Gasteiger partial charge in [0.2, 0.25) is 5.69 Å². The van der Waals surface area contributed by atoms with E-state index in [9.17, 15) is 14.5 Å². The molecule has 0 saturated heterocycles. The number of aromatic nitrogens is 2. The molecule has 1 aromatic heterocycles. The summed E-state index contributed by atoms with van der Waals surface area (Å²) in [6.07, 6.45) is -0.805. The van der Waals surface area contributed by atoms with Gasteiger partial charge in [0, 0.05) is 0 Å². The van der Waals surface area contributed by atoms with Crippen LogP contribution in [-0.2, 0) is 4.74 Å². The van der Waals surface area contributed by atoms with E-state index in [4.69, 9.17) is 0 Å². The molecule has 3 N–H and O–H groups in total. The number of rotatable bonds is 2. The summed E-state index contributed by atoms with van der Waals surface area (Å²) in [6.45, 7) is 0. The molecule has 0 atom stereocenters. The van der Waals surface area contributed by atoms with Crippen LogP contribution in [0, 0.1) is 4.91 Å². The van der Waals surface area contributed by atoms with Crippen molar-refractivity contribution in [2.45, 2.75) is 0 Å². The van der Waals surface area contributed by atoms with E-state index in [0.29, 0.717) is 0 Å². The number of carbonyl (C=O) groups excluding carboxylic acids is 1. The second-order valence-corrected chi connectivity index (χ2v) is 2.01. The fourth-order valence-electron chi connectivity index (χ4n) is 0.682. The van der Waals surface area contributed by atoms with E-state index in [0.717, 1.165) is 7.11 Å². The summed E-state index contributed by atoms with van der Waals surface area (Å²) in [5.41, 5.74) is -1.13. The molecular weight excluding hydrogens is 180 g/mol. The zero-order chi connectivity index (χ0) is 9.84. The minimum atomic E-state index is -0.805. The Morgan fingerprint density at radius 3 is 2.77 bits per heavy atom. The summed E-state index contributed by atoms with van der Waals surface area (Å²) in [4.78, 5) is 31.5. The van der Waals surface area contributed by atoms with E-state index < -0.39 is 17.3 Å². The lowest BCUT2D eigenvalue weighted by atomic mass is 10.5. The van der Waals surface area contributed by atoms with Gasteiger partial charge in [-0.1, -0.05) is 0 Å². The maximum absolute atomic E-state index is 10.8. The Bertz CT molecular complexity index is 378. The number of ether oxygens (including phenoxy) is 1. The summed E-state index contributed by atoms with van der Waals surface area (Å²) in [5, 5.41) is 8.83. The van der Waals surface area contributed by atoms with Gasteiger partial charge < -0.3 is 4.74 Å². The molecule has 8 nitrogen and oxygen atoms in total. The molecule has 0 aliphatic heterocycles. The van der Waals surface area contributed by atoms with Crippen molar-refractivity contribution in [2.24, 2.45) is 5.18 Å². The molecule has 13 heavy (non-hydrogen) atoms. The molecule has 0 saturated carbocycles. The molecule has 0 aliphatic carbocycles. The average Bonchev–Trinajstić information content (AvgIpc) is 2.46. The van der Waals surface area contributed by atoms with E-state index in [2.05, 4.69) is 25.4 Å². The molecule has 8 heteroatoms. The SMILES string of the molecule is COC(=O)Nc1[nH][nH]c(=O)c1N=O. The van der Waals surface area contributed by atoms with Gasteiger partial charge in [0.1, 0.15) is 0 Å². The van der Waals surface area contributed by atoms with Crippen molar-refractivity contribution in [1.29, 1.82) is 0 Å². The van der Waals surface area contributed by atoms with Gasteiger partial charge in [0.05, 0.1) is 7.11 Å². The monoisotopic (exact) mass is 186 g/mol. The fraction of sp³-hybridized carbons (Fsp3) is 0.200. The Balaban J connectivity index is 2.95. The molecule has 1 heterocycles. The largest absolute Gasteiger partial charge is 0.453 e. The van der Waals surface area contributed by atoms with Gasteiger partial charge in [-0.15, -0.1) is 4.91 Å². The van der Waals surface area contributed by atoms with Gasteiger partial charge in [-0.2, -0.15) is 0 Å². The van der Waals surface area contributed by atoms with Crippen LogP contribution >= 0.6 is 0 Å². The van der Waals surface area contributed by atoms with Crippen molar-refractivity contribution in [3.8, 4) is 0 Å². The zero-order valence-corrected chi connectivity index (χ0v) is 6.58. The van der Waals surface area contributed by atoms with Crippen LogP contribution in [0.3, 0.4) is 0 Å². The number of anilines is 1. The molecule has 0 radical (unpaired) electrons. The summed E-state index contributed by atoms with van der Waals surface area (Å²) in [7, 11) is 1.15. The standard InChI is InChI=1S/C5H6N4O4/c1-13-5(11)6-3-2(9-12)4(10)8-7-3/h1H3,(H3,6,7,8,10,11). The number of nitrogens with zero attached hydrogens (tertiary/aromatic N) is 1. The van der Waals surface area contributed by atoms with Crippen LogP contribution < -0.4 is 10.9 Å². The molecule has 1 aromatic rings. The van der Waals surface area contributed by atoms with Crippen molar-refractivity contribution < 1.29 is 9.53 Å². The highest BCUT2D eigenvalue weighted by atomic mass is 16.5. The number of hydrogen-bond acceptors (Lipinski definition) is 5. The van der Waals surface area contributed by atoms with Crippen molar-refractivity contribution >= 4 is 17.6 Å². The molecule has 1 rings (SSSR count). The number of nitroso groups, excluding NO2 is 1. The maximum atomic E-state index is 10.8.